The van der Waals surface area contributed by atoms with Crippen molar-refractivity contribution in [3.8, 4) is 16.9 Å². The first-order valence-electron chi connectivity index (χ1n) is 9.62. The van der Waals surface area contributed by atoms with Crippen molar-refractivity contribution in [3.05, 3.63) is 93.2 Å². The molecule has 0 amide bonds. The molecule has 0 N–H and O–H groups in total. The predicted octanol–water partition coefficient (Wildman–Crippen LogP) is 4.20. The third-order valence-electron chi connectivity index (χ3n) is 4.76. The molecule has 0 aliphatic heterocycles. The Balaban J connectivity index is 1.50. The Bertz CT molecular complexity index is 1190. The van der Waals surface area contributed by atoms with Crippen molar-refractivity contribution in [2.75, 3.05) is 0 Å². The van der Waals surface area contributed by atoms with Crippen LogP contribution in [0.25, 0.3) is 16.9 Å². The van der Waals surface area contributed by atoms with E-state index in [1.807, 2.05) is 73.8 Å². The number of carbonyl (C=O) groups excluding carboxylic acids is 1. The quantitative estimate of drug-likeness (QED) is 0.421. The first-order chi connectivity index (χ1) is 14.6. The van der Waals surface area contributed by atoms with E-state index in [1.54, 1.807) is 14.6 Å². The van der Waals surface area contributed by atoms with Crippen LogP contribution >= 0.6 is 11.3 Å². The molecule has 30 heavy (non-hydrogen) atoms. The highest BCUT2D eigenvalue weighted by Gasteiger charge is 2.15. The van der Waals surface area contributed by atoms with Gasteiger partial charge in [0.1, 0.15) is 6.61 Å². The monoisotopic (exact) mass is 419 g/mol. The number of benzene rings is 2. The van der Waals surface area contributed by atoms with Crippen molar-refractivity contribution < 1.29 is 9.53 Å². The van der Waals surface area contributed by atoms with Gasteiger partial charge in [-0.2, -0.15) is 5.10 Å². The standard InChI is InChI=1S/C23H21N3O3S/c1-17-16-30-23(28)25(17)13-12-21(27)29-15-19-14-26(20-10-6-3-7-11-20)24-22(19)18-8-4-2-5-9-18/h2-11,14,16H,12-13,15H2,1H3. The molecule has 0 unspecified atom stereocenters. The number of esters is 1. The molecule has 2 aromatic carbocycles. The molecule has 0 radical (unpaired) electrons. The number of hydrogen-bond acceptors (Lipinski definition) is 5. The summed E-state index contributed by atoms with van der Waals surface area (Å²) in [4.78, 5) is 24.0. The summed E-state index contributed by atoms with van der Waals surface area (Å²) in [5.74, 6) is -0.348. The summed E-state index contributed by atoms with van der Waals surface area (Å²) in [7, 11) is 0. The molecular formula is C23H21N3O3S. The van der Waals surface area contributed by atoms with Crippen molar-refractivity contribution >= 4 is 17.3 Å². The average molecular weight is 420 g/mol. The number of para-hydroxylation sites is 1. The van der Waals surface area contributed by atoms with Gasteiger partial charge in [-0.25, -0.2) is 4.68 Å². The molecule has 0 bridgehead atoms. The topological polar surface area (TPSA) is 66.1 Å². The second-order valence-electron chi connectivity index (χ2n) is 6.85. The summed E-state index contributed by atoms with van der Waals surface area (Å²) in [6.07, 6.45) is 2.03. The summed E-state index contributed by atoms with van der Waals surface area (Å²) in [5, 5.41) is 6.51. The first kappa shape index (κ1) is 19.8. The molecule has 4 aromatic rings. The van der Waals surface area contributed by atoms with Gasteiger partial charge in [0.15, 0.2) is 0 Å². The molecule has 7 heteroatoms. The number of nitrogens with zero attached hydrogens (tertiary/aromatic N) is 3. The van der Waals surface area contributed by atoms with Crippen LogP contribution in [0.15, 0.2) is 77.0 Å². The molecule has 0 aliphatic carbocycles. The minimum absolute atomic E-state index is 0.0594. The number of carbonyl (C=O) groups is 1. The minimum Gasteiger partial charge on any atom is -0.461 e. The Hall–Kier alpha value is -3.45. The van der Waals surface area contributed by atoms with Crippen LogP contribution in [-0.2, 0) is 22.7 Å². The Morgan fingerprint density at radius 3 is 2.43 bits per heavy atom. The predicted molar refractivity (Wildman–Crippen MR) is 117 cm³/mol. The van der Waals surface area contributed by atoms with E-state index >= 15 is 0 Å². The number of ether oxygens (including phenoxy) is 1. The first-order valence-corrected chi connectivity index (χ1v) is 10.5. The number of rotatable bonds is 7. The smallest absolute Gasteiger partial charge is 0.307 e. The van der Waals surface area contributed by atoms with Gasteiger partial charge in [0, 0.05) is 34.9 Å². The highest BCUT2D eigenvalue weighted by Crippen LogP contribution is 2.24. The summed E-state index contributed by atoms with van der Waals surface area (Å²) < 4.78 is 8.90. The molecule has 2 aromatic heterocycles. The van der Waals surface area contributed by atoms with Crippen LogP contribution < -0.4 is 4.87 Å². The van der Waals surface area contributed by atoms with E-state index in [0.717, 1.165) is 39.5 Å². The van der Waals surface area contributed by atoms with Crippen LogP contribution in [0.2, 0.25) is 0 Å². The number of thiazole rings is 1. The highest BCUT2D eigenvalue weighted by atomic mass is 32.1. The van der Waals surface area contributed by atoms with Crippen LogP contribution in [0.1, 0.15) is 17.7 Å². The fraction of sp³-hybridized carbons (Fsp3) is 0.174. The van der Waals surface area contributed by atoms with Gasteiger partial charge < -0.3 is 9.30 Å². The zero-order valence-electron chi connectivity index (χ0n) is 16.5. The lowest BCUT2D eigenvalue weighted by Gasteiger charge is -2.06. The van der Waals surface area contributed by atoms with Gasteiger partial charge in [0.05, 0.1) is 17.8 Å². The van der Waals surface area contributed by atoms with Crippen molar-refractivity contribution in [1.82, 2.24) is 14.3 Å². The van der Waals surface area contributed by atoms with Crippen LogP contribution in [-0.4, -0.2) is 20.3 Å². The average Bonchev–Trinajstić information content (AvgIpc) is 3.35. The Morgan fingerprint density at radius 1 is 1.07 bits per heavy atom. The minimum atomic E-state index is -0.348. The zero-order chi connectivity index (χ0) is 20.9. The molecular weight excluding hydrogens is 398 g/mol. The maximum Gasteiger partial charge on any atom is 0.307 e. The molecule has 6 nitrogen and oxygen atoms in total. The molecule has 2 heterocycles. The summed E-state index contributed by atoms with van der Waals surface area (Å²) in [5.41, 5.74) is 4.34. The number of hydrogen-bond donors (Lipinski definition) is 0. The Kier molecular flexibility index (Phi) is 5.90. The molecule has 0 atom stereocenters. The van der Waals surface area contributed by atoms with E-state index < -0.39 is 0 Å². The van der Waals surface area contributed by atoms with Crippen LogP contribution in [0, 0.1) is 6.92 Å². The van der Waals surface area contributed by atoms with Crippen molar-refractivity contribution in [1.29, 1.82) is 0 Å². The fourth-order valence-electron chi connectivity index (χ4n) is 3.18. The maximum atomic E-state index is 12.3. The SMILES string of the molecule is Cc1csc(=O)n1CCC(=O)OCc1cn(-c2ccccc2)nc1-c1ccccc1. The molecule has 0 aliphatic rings. The largest absolute Gasteiger partial charge is 0.461 e. The maximum absolute atomic E-state index is 12.3. The van der Waals surface area contributed by atoms with Gasteiger partial charge in [-0.05, 0) is 19.1 Å². The highest BCUT2D eigenvalue weighted by molar-refractivity contribution is 7.07. The lowest BCUT2D eigenvalue weighted by molar-refractivity contribution is -0.145. The van der Waals surface area contributed by atoms with Gasteiger partial charge >= 0.3 is 10.8 Å². The lowest BCUT2D eigenvalue weighted by atomic mass is 10.1. The van der Waals surface area contributed by atoms with Crippen LogP contribution in [0.3, 0.4) is 0 Å². The van der Waals surface area contributed by atoms with Crippen molar-refractivity contribution in [2.45, 2.75) is 26.5 Å². The Morgan fingerprint density at radius 2 is 1.77 bits per heavy atom. The van der Waals surface area contributed by atoms with E-state index in [1.165, 1.54) is 0 Å². The van der Waals surface area contributed by atoms with Crippen molar-refractivity contribution in [3.63, 3.8) is 0 Å². The fourth-order valence-corrected chi connectivity index (χ4v) is 3.94. The normalized spacial score (nSPS) is 10.8. The van der Waals surface area contributed by atoms with E-state index in [9.17, 15) is 9.59 Å². The van der Waals surface area contributed by atoms with Gasteiger partial charge in [0.2, 0.25) is 0 Å². The Labute approximate surface area is 178 Å². The van der Waals surface area contributed by atoms with Crippen molar-refractivity contribution in [2.24, 2.45) is 0 Å². The zero-order valence-corrected chi connectivity index (χ0v) is 17.3. The summed E-state index contributed by atoms with van der Waals surface area (Å²) in [6, 6.07) is 19.6. The van der Waals surface area contributed by atoms with E-state index in [2.05, 4.69) is 0 Å². The van der Waals surface area contributed by atoms with Gasteiger partial charge in [0.25, 0.3) is 0 Å². The third-order valence-corrected chi connectivity index (χ3v) is 5.64. The molecule has 0 saturated carbocycles. The van der Waals surface area contributed by atoms with Gasteiger partial charge in [-0.3, -0.25) is 9.59 Å². The van der Waals surface area contributed by atoms with E-state index in [-0.39, 0.29) is 23.9 Å². The molecule has 0 spiro atoms. The molecule has 0 saturated heterocycles. The van der Waals surface area contributed by atoms with E-state index in [4.69, 9.17) is 9.84 Å². The molecule has 152 valence electrons. The summed E-state index contributed by atoms with van der Waals surface area (Å²) in [6.45, 7) is 2.29. The third kappa shape index (κ3) is 4.41. The van der Waals surface area contributed by atoms with Gasteiger partial charge in [-0.15, -0.1) is 0 Å². The molecule has 4 rings (SSSR count). The molecule has 0 fully saturated rings. The van der Waals surface area contributed by atoms with Gasteiger partial charge in [-0.1, -0.05) is 59.9 Å². The van der Waals surface area contributed by atoms with Crippen LogP contribution in [0.5, 0.6) is 0 Å². The number of aromatic nitrogens is 3. The lowest BCUT2D eigenvalue weighted by Crippen LogP contribution is -2.17. The second-order valence-corrected chi connectivity index (χ2v) is 7.68. The summed E-state index contributed by atoms with van der Waals surface area (Å²) >= 11 is 1.14. The second kappa shape index (κ2) is 8.92. The van der Waals surface area contributed by atoms with Crippen LogP contribution in [0.4, 0.5) is 0 Å². The number of aryl methyl sites for hydroxylation is 1. The van der Waals surface area contributed by atoms with E-state index in [0.29, 0.717) is 6.54 Å².